The molecular formula is C17H15N5O2S. The summed E-state index contributed by atoms with van der Waals surface area (Å²) >= 11 is 1.47. The molecule has 1 aliphatic rings. The average Bonchev–Trinajstić information content (AvgIpc) is 3.24. The van der Waals surface area contributed by atoms with Gasteiger partial charge in [-0.15, -0.1) is 11.3 Å². The number of carbonyl (C=O) groups is 1. The van der Waals surface area contributed by atoms with Crippen molar-refractivity contribution in [1.29, 1.82) is 0 Å². The minimum absolute atomic E-state index is 0.330. The normalized spacial score (nSPS) is 16.4. The third kappa shape index (κ3) is 3.43. The number of nitrogens with zero attached hydrogens (tertiary/aromatic N) is 3. The number of alkyl carbamates (subject to hydrolysis) is 1. The summed E-state index contributed by atoms with van der Waals surface area (Å²) in [5, 5.41) is 6.59. The number of pyridine rings is 2. The SMILES string of the molecule is Cc1ccnc(Nc2cccc(-c3cnc(C4CNC(=O)O4)s3)n2)c1. The smallest absolute Gasteiger partial charge is 0.408 e. The molecule has 1 amide bonds. The number of hydrogen-bond donors (Lipinski definition) is 2. The second-order valence-electron chi connectivity index (χ2n) is 5.59. The van der Waals surface area contributed by atoms with Gasteiger partial charge in [0.25, 0.3) is 0 Å². The van der Waals surface area contributed by atoms with Gasteiger partial charge in [-0.1, -0.05) is 6.07 Å². The van der Waals surface area contributed by atoms with Crippen LogP contribution in [0, 0.1) is 6.92 Å². The van der Waals surface area contributed by atoms with Gasteiger partial charge in [-0.2, -0.15) is 0 Å². The molecule has 7 nitrogen and oxygen atoms in total. The van der Waals surface area contributed by atoms with E-state index >= 15 is 0 Å². The number of carbonyl (C=O) groups excluding carboxylic acids is 1. The number of cyclic esters (lactones) is 1. The van der Waals surface area contributed by atoms with Crippen molar-refractivity contribution in [2.24, 2.45) is 0 Å². The zero-order valence-corrected chi connectivity index (χ0v) is 14.2. The Morgan fingerprint density at radius 2 is 2.20 bits per heavy atom. The summed E-state index contributed by atoms with van der Waals surface area (Å²) in [5.41, 5.74) is 1.93. The van der Waals surface area contributed by atoms with Crippen molar-refractivity contribution in [3.63, 3.8) is 0 Å². The Morgan fingerprint density at radius 3 is 3.00 bits per heavy atom. The van der Waals surface area contributed by atoms with Gasteiger partial charge in [0.05, 0.1) is 17.1 Å². The van der Waals surface area contributed by atoms with Gasteiger partial charge >= 0.3 is 6.09 Å². The van der Waals surface area contributed by atoms with E-state index < -0.39 is 6.09 Å². The molecule has 25 heavy (non-hydrogen) atoms. The van der Waals surface area contributed by atoms with Crippen LogP contribution in [-0.2, 0) is 4.74 Å². The van der Waals surface area contributed by atoms with Crippen LogP contribution >= 0.6 is 11.3 Å². The molecular weight excluding hydrogens is 338 g/mol. The predicted octanol–water partition coefficient (Wildman–Crippen LogP) is 3.43. The molecule has 0 spiro atoms. The topological polar surface area (TPSA) is 89.0 Å². The molecule has 0 radical (unpaired) electrons. The summed E-state index contributed by atoms with van der Waals surface area (Å²) in [4.78, 5) is 25.3. The molecule has 0 aromatic carbocycles. The van der Waals surface area contributed by atoms with Crippen LogP contribution in [0.25, 0.3) is 10.6 Å². The highest BCUT2D eigenvalue weighted by Gasteiger charge is 2.27. The second-order valence-corrected chi connectivity index (χ2v) is 6.65. The first-order chi connectivity index (χ1) is 12.2. The first kappa shape index (κ1) is 15.5. The van der Waals surface area contributed by atoms with Crippen molar-refractivity contribution >= 4 is 29.1 Å². The molecule has 1 fully saturated rings. The fourth-order valence-corrected chi connectivity index (χ4v) is 3.38. The Hall–Kier alpha value is -3.00. The second kappa shape index (κ2) is 6.48. The highest BCUT2D eigenvalue weighted by atomic mass is 32.1. The van der Waals surface area contributed by atoms with E-state index in [4.69, 9.17) is 4.74 Å². The standard InChI is InChI=1S/C17H15N5O2S/c1-10-5-6-18-15(7-10)22-14-4-2-3-11(21-14)13-9-19-16(25-13)12-8-20-17(23)24-12/h2-7,9,12H,8H2,1H3,(H,20,23)(H,18,21,22). The summed E-state index contributed by atoms with van der Waals surface area (Å²) in [7, 11) is 0. The zero-order valence-electron chi connectivity index (χ0n) is 13.4. The van der Waals surface area contributed by atoms with Crippen LogP contribution in [0.5, 0.6) is 0 Å². The van der Waals surface area contributed by atoms with E-state index in [1.54, 1.807) is 12.4 Å². The van der Waals surface area contributed by atoms with Gasteiger partial charge in [-0.05, 0) is 36.8 Å². The largest absolute Gasteiger partial charge is 0.437 e. The summed E-state index contributed by atoms with van der Waals surface area (Å²) in [6.45, 7) is 2.46. The lowest BCUT2D eigenvalue weighted by molar-refractivity contribution is 0.141. The van der Waals surface area contributed by atoms with Crippen molar-refractivity contribution in [3.05, 3.63) is 53.3 Å². The van der Waals surface area contributed by atoms with Gasteiger partial charge < -0.3 is 15.4 Å². The molecule has 0 bridgehead atoms. The minimum atomic E-state index is -0.406. The minimum Gasteiger partial charge on any atom is -0.437 e. The Bertz CT molecular complexity index is 927. The van der Waals surface area contributed by atoms with Gasteiger partial charge in [-0.3, -0.25) is 0 Å². The number of thiazole rings is 1. The number of nitrogens with one attached hydrogen (secondary N) is 2. The third-order valence-electron chi connectivity index (χ3n) is 3.65. The molecule has 3 aromatic heterocycles. The predicted molar refractivity (Wildman–Crippen MR) is 94.8 cm³/mol. The van der Waals surface area contributed by atoms with E-state index in [0.717, 1.165) is 27.0 Å². The summed E-state index contributed by atoms with van der Waals surface area (Å²) in [6, 6.07) is 9.64. The summed E-state index contributed by atoms with van der Waals surface area (Å²) < 4.78 is 5.17. The number of anilines is 2. The highest BCUT2D eigenvalue weighted by Crippen LogP contribution is 2.31. The number of amides is 1. The van der Waals surface area contributed by atoms with Crippen molar-refractivity contribution in [3.8, 4) is 10.6 Å². The highest BCUT2D eigenvalue weighted by molar-refractivity contribution is 7.15. The number of aromatic nitrogens is 3. The maximum Gasteiger partial charge on any atom is 0.408 e. The van der Waals surface area contributed by atoms with Crippen LogP contribution in [0.2, 0.25) is 0 Å². The molecule has 8 heteroatoms. The van der Waals surface area contributed by atoms with Crippen molar-refractivity contribution < 1.29 is 9.53 Å². The van der Waals surface area contributed by atoms with Crippen LogP contribution in [0.3, 0.4) is 0 Å². The van der Waals surface area contributed by atoms with Crippen LogP contribution in [-0.4, -0.2) is 27.6 Å². The fraction of sp³-hybridized carbons (Fsp3) is 0.176. The van der Waals surface area contributed by atoms with Gasteiger partial charge in [0.15, 0.2) is 6.10 Å². The molecule has 126 valence electrons. The molecule has 4 heterocycles. The van der Waals surface area contributed by atoms with E-state index in [-0.39, 0.29) is 6.10 Å². The first-order valence-corrected chi connectivity index (χ1v) is 8.56. The van der Waals surface area contributed by atoms with Gasteiger partial charge in [0, 0.05) is 12.4 Å². The molecule has 0 aliphatic carbocycles. The zero-order chi connectivity index (χ0) is 17.2. The van der Waals surface area contributed by atoms with Crippen molar-refractivity contribution in [2.75, 3.05) is 11.9 Å². The lowest BCUT2D eigenvalue weighted by Crippen LogP contribution is -2.12. The fourth-order valence-electron chi connectivity index (χ4n) is 2.46. The molecule has 2 N–H and O–H groups in total. The Balaban J connectivity index is 1.55. The Morgan fingerprint density at radius 1 is 1.28 bits per heavy atom. The van der Waals surface area contributed by atoms with Crippen LogP contribution in [0.1, 0.15) is 16.7 Å². The number of hydrogen-bond acceptors (Lipinski definition) is 7. The van der Waals surface area contributed by atoms with E-state index in [1.165, 1.54) is 11.3 Å². The molecule has 1 aliphatic heterocycles. The van der Waals surface area contributed by atoms with E-state index in [1.807, 2.05) is 37.3 Å². The molecule has 1 unspecified atom stereocenters. The van der Waals surface area contributed by atoms with E-state index in [2.05, 4.69) is 25.6 Å². The Labute approximate surface area is 148 Å². The number of rotatable bonds is 4. The van der Waals surface area contributed by atoms with Crippen molar-refractivity contribution in [1.82, 2.24) is 20.3 Å². The van der Waals surface area contributed by atoms with E-state index in [9.17, 15) is 4.79 Å². The Kier molecular flexibility index (Phi) is 4.02. The number of ether oxygens (including phenoxy) is 1. The lowest BCUT2D eigenvalue weighted by atomic mass is 10.3. The van der Waals surface area contributed by atoms with Gasteiger partial charge in [0.1, 0.15) is 16.6 Å². The third-order valence-corrected chi connectivity index (χ3v) is 4.77. The monoisotopic (exact) mass is 353 g/mol. The van der Waals surface area contributed by atoms with Crippen molar-refractivity contribution in [2.45, 2.75) is 13.0 Å². The summed E-state index contributed by atoms with van der Waals surface area (Å²) in [6.07, 6.45) is 2.78. The lowest BCUT2D eigenvalue weighted by Gasteiger charge is -2.06. The molecule has 1 atom stereocenters. The average molecular weight is 353 g/mol. The van der Waals surface area contributed by atoms with Crippen LogP contribution < -0.4 is 10.6 Å². The molecule has 0 saturated carbocycles. The number of aryl methyl sites for hydroxylation is 1. The quantitative estimate of drug-likeness (QED) is 0.747. The summed E-state index contributed by atoms with van der Waals surface area (Å²) in [5.74, 6) is 1.46. The maximum absolute atomic E-state index is 11.2. The maximum atomic E-state index is 11.2. The molecule has 1 saturated heterocycles. The van der Waals surface area contributed by atoms with E-state index in [0.29, 0.717) is 12.4 Å². The first-order valence-electron chi connectivity index (χ1n) is 7.75. The van der Waals surface area contributed by atoms with Crippen LogP contribution in [0.4, 0.5) is 16.4 Å². The molecule has 4 rings (SSSR count). The van der Waals surface area contributed by atoms with Crippen LogP contribution in [0.15, 0.2) is 42.7 Å². The van der Waals surface area contributed by atoms with Gasteiger partial charge in [-0.25, -0.2) is 19.7 Å². The van der Waals surface area contributed by atoms with Gasteiger partial charge in [0.2, 0.25) is 0 Å². The molecule has 3 aromatic rings.